The number of ether oxygens (including phenoxy) is 2. The lowest BCUT2D eigenvalue weighted by Crippen LogP contribution is -2.45. The van der Waals surface area contributed by atoms with Gasteiger partial charge in [-0.25, -0.2) is 14.2 Å². The Morgan fingerprint density at radius 3 is 2.82 bits per heavy atom. The summed E-state index contributed by atoms with van der Waals surface area (Å²) >= 11 is 7.61. The Kier molecular flexibility index (Phi) is 6.66. The normalized spacial score (nSPS) is 23.8. The Morgan fingerprint density at radius 2 is 2.12 bits per heavy atom. The summed E-state index contributed by atoms with van der Waals surface area (Å²) in [7, 11) is 0. The summed E-state index contributed by atoms with van der Waals surface area (Å²) in [5, 5.41) is 4.62. The van der Waals surface area contributed by atoms with Gasteiger partial charge in [0.25, 0.3) is 0 Å². The molecule has 0 saturated carbocycles. The molecule has 2 unspecified atom stereocenters. The van der Waals surface area contributed by atoms with Crippen molar-refractivity contribution in [2.24, 2.45) is 0 Å². The fraction of sp³-hybridized carbons (Fsp3) is 0.619. The molecule has 2 saturated heterocycles. The molecule has 0 bridgehead atoms. The molecule has 0 spiro atoms. The molecule has 4 heterocycles. The first-order valence-electron chi connectivity index (χ1n) is 10.8. The number of alkyl halides is 1. The lowest BCUT2D eigenvalue weighted by atomic mass is 10.2. The standard InChI is InChI=1S/C21H27ClFN5O4S/c1-11-9-31-6-5-27(11)17-16-15(25-19(22)26-17)13(10-33-16)24-18(29)14-7-12(23)8-28(14)20(30)32-21(2,3)4/h10-12,14H,5-9H2,1-4H3,(H,24,29)/t11-,12?,14?/m1/s1. The number of hydrogen-bond acceptors (Lipinski definition) is 8. The van der Waals surface area contributed by atoms with Crippen LogP contribution in [0.2, 0.25) is 5.28 Å². The number of carbonyl (C=O) groups is 2. The van der Waals surface area contributed by atoms with Gasteiger partial charge in [-0.05, 0) is 39.3 Å². The molecule has 0 aliphatic carbocycles. The number of nitrogens with one attached hydrogen (secondary N) is 1. The fourth-order valence-corrected chi connectivity index (χ4v) is 5.08. The number of carbonyl (C=O) groups excluding carboxylic acids is 2. The molecular weight excluding hydrogens is 473 g/mol. The zero-order valence-corrected chi connectivity index (χ0v) is 20.5. The first kappa shape index (κ1) is 23.9. The highest BCUT2D eigenvalue weighted by molar-refractivity contribution is 7.18. The third-order valence-electron chi connectivity index (χ3n) is 5.45. The van der Waals surface area contributed by atoms with E-state index in [9.17, 15) is 14.0 Å². The quantitative estimate of drug-likeness (QED) is 0.640. The van der Waals surface area contributed by atoms with Crippen LogP contribution in [0, 0.1) is 0 Å². The highest BCUT2D eigenvalue weighted by atomic mass is 35.5. The van der Waals surface area contributed by atoms with Crippen molar-refractivity contribution in [3.8, 4) is 0 Å². The highest BCUT2D eigenvalue weighted by Gasteiger charge is 2.42. The average molecular weight is 500 g/mol. The van der Waals surface area contributed by atoms with Gasteiger partial charge in [-0.15, -0.1) is 11.3 Å². The number of morpholine rings is 1. The van der Waals surface area contributed by atoms with Gasteiger partial charge in [-0.1, -0.05) is 0 Å². The molecule has 0 radical (unpaired) electrons. The number of amides is 2. The number of thiophene rings is 1. The van der Waals surface area contributed by atoms with Crippen LogP contribution in [0.5, 0.6) is 0 Å². The first-order valence-corrected chi connectivity index (χ1v) is 12.0. The van der Waals surface area contributed by atoms with E-state index in [4.69, 9.17) is 21.1 Å². The van der Waals surface area contributed by atoms with Crippen molar-refractivity contribution in [1.29, 1.82) is 0 Å². The summed E-state index contributed by atoms with van der Waals surface area (Å²) in [6.45, 7) is 8.82. The molecule has 4 rings (SSSR count). The number of halogens is 2. The Morgan fingerprint density at radius 1 is 1.36 bits per heavy atom. The number of anilines is 2. The number of nitrogens with zero attached hydrogens (tertiary/aromatic N) is 4. The van der Waals surface area contributed by atoms with Crippen molar-refractivity contribution in [2.45, 2.75) is 58.0 Å². The summed E-state index contributed by atoms with van der Waals surface area (Å²) < 4.78 is 25.8. The van der Waals surface area contributed by atoms with Gasteiger partial charge in [-0.3, -0.25) is 9.69 Å². The SMILES string of the molecule is C[C@@H]1COCCN1c1nc(Cl)nc2c(NC(=O)C3CC(F)CN3C(=O)OC(C)(C)C)csc12. The van der Waals surface area contributed by atoms with Crippen LogP contribution in [0.4, 0.5) is 20.7 Å². The van der Waals surface area contributed by atoms with Gasteiger partial charge in [0.2, 0.25) is 11.2 Å². The second-order valence-electron chi connectivity index (χ2n) is 9.23. The minimum absolute atomic E-state index is 0.0603. The van der Waals surface area contributed by atoms with E-state index in [0.717, 1.165) is 9.60 Å². The Balaban J connectivity index is 1.58. The van der Waals surface area contributed by atoms with E-state index in [1.807, 2.05) is 6.92 Å². The maximum absolute atomic E-state index is 14.2. The number of aromatic nitrogens is 2. The van der Waals surface area contributed by atoms with E-state index in [0.29, 0.717) is 36.8 Å². The second kappa shape index (κ2) is 9.19. The topological polar surface area (TPSA) is 96.9 Å². The number of hydrogen-bond donors (Lipinski definition) is 1. The molecule has 2 aromatic rings. The third-order valence-corrected chi connectivity index (χ3v) is 6.58. The first-order chi connectivity index (χ1) is 15.5. The molecule has 2 fully saturated rings. The van der Waals surface area contributed by atoms with Crippen molar-refractivity contribution in [3.05, 3.63) is 10.7 Å². The van der Waals surface area contributed by atoms with E-state index in [1.165, 1.54) is 11.3 Å². The predicted octanol–water partition coefficient (Wildman–Crippen LogP) is 3.86. The summed E-state index contributed by atoms with van der Waals surface area (Å²) in [6.07, 6.45) is -2.12. The van der Waals surface area contributed by atoms with Crippen LogP contribution in [0.15, 0.2) is 5.38 Å². The Hall–Kier alpha value is -2.24. The smallest absolute Gasteiger partial charge is 0.411 e. The fourth-order valence-electron chi connectivity index (χ4n) is 3.97. The molecule has 2 amide bonds. The van der Waals surface area contributed by atoms with Crippen LogP contribution in [0.1, 0.15) is 34.1 Å². The zero-order valence-electron chi connectivity index (χ0n) is 18.9. The Bertz CT molecular complexity index is 1060. The van der Waals surface area contributed by atoms with Crippen molar-refractivity contribution >= 4 is 56.7 Å². The molecule has 2 aromatic heterocycles. The Labute approximate surface area is 200 Å². The molecule has 2 aliphatic heterocycles. The monoisotopic (exact) mass is 499 g/mol. The van der Waals surface area contributed by atoms with Crippen molar-refractivity contribution in [2.75, 3.05) is 36.5 Å². The van der Waals surface area contributed by atoms with Crippen LogP contribution in [0.3, 0.4) is 0 Å². The van der Waals surface area contributed by atoms with Crippen LogP contribution in [0.25, 0.3) is 10.2 Å². The van der Waals surface area contributed by atoms with Crippen molar-refractivity contribution in [1.82, 2.24) is 14.9 Å². The lowest BCUT2D eigenvalue weighted by molar-refractivity contribution is -0.120. The van der Waals surface area contributed by atoms with Crippen LogP contribution in [-0.4, -0.2) is 77.0 Å². The molecule has 12 heteroatoms. The van der Waals surface area contributed by atoms with E-state index in [2.05, 4.69) is 20.2 Å². The molecule has 0 aromatic carbocycles. The molecule has 3 atom stereocenters. The number of fused-ring (bicyclic) bond motifs is 1. The van der Waals surface area contributed by atoms with Gasteiger partial charge in [-0.2, -0.15) is 4.98 Å². The van der Waals surface area contributed by atoms with Gasteiger partial charge in [0, 0.05) is 18.3 Å². The molecule has 33 heavy (non-hydrogen) atoms. The van der Waals surface area contributed by atoms with Gasteiger partial charge in [0.15, 0.2) is 5.82 Å². The summed E-state index contributed by atoms with van der Waals surface area (Å²) in [4.78, 5) is 37.6. The van der Waals surface area contributed by atoms with E-state index < -0.39 is 29.8 Å². The minimum atomic E-state index is -1.31. The van der Waals surface area contributed by atoms with E-state index in [1.54, 1.807) is 26.2 Å². The summed E-state index contributed by atoms with van der Waals surface area (Å²) in [5.41, 5.74) is 0.190. The minimum Gasteiger partial charge on any atom is -0.444 e. The molecule has 1 N–H and O–H groups in total. The third kappa shape index (κ3) is 5.15. The number of likely N-dealkylation sites (tertiary alicyclic amines) is 1. The maximum atomic E-state index is 14.2. The van der Waals surface area contributed by atoms with Gasteiger partial charge >= 0.3 is 6.09 Å². The highest BCUT2D eigenvalue weighted by Crippen LogP contribution is 2.37. The second-order valence-corrected chi connectivity index (χ2v) is 10.4. The molecular formula is C21H27ClFN5O4S. The van der Waals surface area contributed by atoms with Crippen LogP contribution < -0.4 is 10.2 Å². The lowest BCUT2D eigenvalue weighted by Gasteiger charge is -2.34. The van der Waals surface area contributed by atoms with Crippen molar-refractivity contribution < 1.29 is 23.5 Å². The van der Waals surface area contributed by atoms with E-state index in [-0.39, 0.29) is 24.3 Å². The molecule has 2 aliphatic rings. The predicted molar refractivity (Wildman–Crippen MR) is 125 cm³/mol. The van der Waals surface area contributed by atoms with Gasteiger partial charge < -0.3 is 19.7 Å². The largest absolute Gasteiger partial charge is 0.444 e. The average Bonchev–Trinajstić information content (AvgIpc) is 3.30. The van der Waals surface area contributed by atoms with Crippen molar-refractivity contribution in [3.63, 3.8) is 0 Å². The zero-order chi connectivity index (χ0) is 23.9. The number of rotatable bonds is 3. The van der Waals surface area contributed by atoms with Gasteiger partial charge in [0.05, 0.1) is 36.2 Å². The van der Waals surface area contributed by atoms with Crippen LogP contribution >= 0.6 is 22.9 Å². The summed E-state index contributed by atoms with van der Waals surface area (Å²) in [6, 6.07) is -0.878. The summed E-state index contributed by atoms with van der Waals surface area (Å²) in [5.74, 6) is 0.183. The van der Waals surface area contributed by atoms with E-state index >= 15 is 0 Å². The van der Waals surface area contributed by atoms with Crippen LogP contribution in [-0.2, 0) is 14.3 Å². The molecule has 9 nitrogen and oxygen atoms in total. The maximum Gasteiger partial charge on any atom is 0.411 e. The molecule has 180 valence electrons. The van der Waals surface area contributed by atoms with Gasteiger partial charge in [0.1, 0.15) is 23.3 Å².